The lowest BCUT2D eigenvalue weighted by Crippen LogP contribution is -2.14. The van der Waals surface area contributed by atoms with Gasteiger partial charge in [-0.2, -0.15) is 0 Å². The van der Waals surface area contributed by atoms with Crippen LogP contribution in [-0.2, 0) is 0 Å². The van der Waals surface area contributed by atoms with Gasteiger partial charge in [0.15, 0.2) is 17.4 Å². The Morgan fingerprint density at radius 1 is 0.957 bits per heavy atom. The molecule has 130 valence electrons. The van der Waals surface area contributed by atoms with E-state index >= 15 is 0 Å². The lowest BCUT2D eigenvalue weighted by molar-refractivity contribution is 0.276. The van der Waals surface area contributed by atoms with Crippen molar-refractivity contribution in [2.45, 2.75) is 77.6 Å². The third-order valence-electron chi connectivity index (χ3n) is 5.05. The van der Waals surface area contributed by atoms with Gasteiger partial charge in [-0.25, -0.2) is 8.78 Å². The van der Waals surface area contributed by atoms with Crippen molar-refractivity contribution in [2.75, 3.05) is 6.61 Å². The molecule has 0 aromatic heterocycles. The molecule has 0 amide bonds. The highest BCUT2D eigenvalue weighted by molar-refractivity contribution is 5.33. The first-order valence-electron chi connectivity index (χ1n) is 9.27. The molecule has 0 atom stereocenters. The van der Waals surface area contributed by atoms with E-state index < -0.39 is 11.6 Å². The van der Waals surface area contributed by atoms with Gasteiger partial charge in [0.2, 0.25) is 0 Å². The van der Waals surface area contributed by atoms with E-state index in [1.807, 2.05) is 6.92 Å². The Balaban J connectivity index is 1.96. The molecule has 1 aliphatic carbocycles. The SMILES string of the molecule is CCCCOc1c(F)cc([C@H]2CC[C@H](CCCC)CC2)cc1F. The monoisotopic (exact) mass is 324 g/mol. The van der Waals surface area contributed by atoms with E-state index in [2.05, 4.69) is 6.92 Å². The minimum atomic E-state index is -0.552. The summed E-state index contributed by atoms with van der Waals surface area (Å²) in [7, 11) is 0. The summed E-state index contributed by atoms with van der Waals surface area (Å²) in [5.74, 6) is -0.216. The van der Waals surface area contributed by atoms with Gasteiger partial charge in [-0.15, -0.1) is 0 Å². The van der Waals surface area contributed by atoms with E-state index in [1.54, 1.807) is 0 Å². The molecule has 1 aromatic carbocycles. The van der Waals surface area contributed by atoms with Crippen LogP contribution in [0.15, 0.2) is 12.1 Å². The second kappa shape index (κ2) is 9.24. The third-order valence-corrected chi connectivity index (χ3v) is 5.05. The van der Waals surface area contributed by atoms with Crippen molar-refractivity contribution in [2.24, 2.45) is 5.92 Å². The summed E-state index contributed by atoms with van der Waals surface area (Å²) in [5.41, 5.74) is 0.803. The zero-order valence-electron chi connectivity index (χ0n) is 14.5. The van der Waals surface area contributed by atoms with E-state index in [-0.39, 0.29) is 5.75 Å². The van der Waals surface area contributed by atoms with Crippen LogP contribution in [0.2, 0.25) is 0 Å². The van der Waals surface area contributed by atoms with Crippen LogP contribution in [0.3, 0.4) is 0 Å². The van der Waals surface area contributed by atoms with Gasteiger partial charge >= 0.3 is 0 Å². The Hall–Kier alpha value is -1.12. The van der Waals surface area contributed by atoms with E-state index in [9.17, 15) is 8.78 Å². The second-order valence-electron chi connectivity index (χ2n) is 6.88. The van der Waals surface area contributed by atoms with Gasteiger partial charge in [-0.3, -0.25) is 0 Å². The molecular weight excluding hydrogens is 294 g/mol. The van der Waals surface area contributed by atoms with Gasteiger partial charge in [0.05, 0.1) is 6.61 Å². The highest BCUT2D eigenvalue weighted by Gasteiger charge is 2.24. The zero-order chi connectivity index (χ0) is 16.7. The number of rotatable bonds is 8. The molecule has 2 rings (SSSR count). The lowest BCUT2D eigenvalue weighted by Gasteiger charge is -2.29. The number of ether oxygens (including phenoxy) is 1. The Kier molecular flexibility index (Phi) is 7.32. The summed E-state index contributed by atoms with van der Waals surface area (Å²) < 4.78 is 33.6. The Morgan fingerprint density at radius 2 is 1.57 bits per heavy atom. The van der Waals surface area contributed by atoms with Gasteiger partial charge in [-0.05, 0) is 61.6 Å². The number of unbranched alkanes of at least 4 members (excludes halogenated alkanes) is 2. The van der Waals surface area contributed by atoms with Crippen LogP contribution >= 0.6 is 0 Å². The van der Waals surface area contributed by atoms with Gasteiger partial charge in [0.25, 0.3) is 0 Å². The largest absolute Gasteiger partial charge is 0.488 e. The van der Waals surface area contributed by atoms with Crippen molar-refractivity contribution in [3.63, 3.8) is 0 Å². The van der Waals surface area contributed by atoms with Crippen molar-refractivity contribution >= 4 is 0 Å². The molecule has 1 aromatic rings. The fourth-order valence-corrected chi connectivity index (χ4v) is 3.55. The Morgan fingerprint density at radius 3 is 2.13 bits per heavy atom. The third kappa shape index (κ3) is 5.19. The van der Waals surface area contributed by atoms with E-state index in [1.165, 1.54) is 44.2 Å². The molecule has 0 radical (unpaired) electrons. The maximum Gasteiger partial charge on any atom is 0.190 e. The Labute approximate surface area is 139 Å². The van der Waals surface area contributed by atoms with Crippen molar-refractivity contribution in [1.29, 1.82) is 0 Å². The molecule has 1 fully saturated rings. The summed E-state index contributed by atoms with van der Waals surface area (Å²) in [6.45, 7) is 4.61. The topological polar surface area (TPSA) is 9.23 Å². The summed E-state index contributed by atoms with van der Waals surface area (Å²) >= 11 is 0. The highest BCUT2D eigenvalue weighted by atomic mass is 19.1. The minimum absolute atomic E-state index is 0.209. The summed E-state index contributed by atoms with van der Waals surface area (Å²) in [4.78, 5) is 0. The fourth-order valence-electron chi connectivity index (χ4n) is 3.55. The van der Waals surface area contributed by atoms with Crippen LogP contribution in [0.1, 0.15) is 83.1 Å². The van der Waals surface area contributed by atoms with E-state index in [4.69, 9.17) is 4.74 Å². The summed E-state index contributed by atoms with van der Waals surface area (Å²) in [6, 6.07) is 2.97. The molecule has 0 unspecified atom stereocenters. The number of hydrogen-bond donors (Lipinski definition) is 0. The predicted octanol–water partition coefficient (Wildman–Crippen LogP) is 6.61. The van der Waals surface area contributed by atoms with Crippen LogP contribution in [-0.4, -0.2) is 6.61 Å². The van der Waals surface area contributed by atoms with Crippen molar-refractivity contribution in [1.82, 2.24) is 0 Å². The minimum Gasteiger partial charge on any atom is -0.488 e. The molecule has 1 saturated carbocycles. The standard InChI is InChI=1S/C20H30F2O/c1-3-5-7-15-8-10-16(11-9-15)17-13-18(21)20(19(22)14-17)23-12-6-4-2/h13-16H,3-12H2,1-2H3/t15-,16-. The average Bonchev–Trinajstić information content (AvgIpc) is 2.56. The molecule has 0 saturated heterocycles. The quantitative estimate of drug-likeness (QED) is 0.489. The van der Waals surface area contributed by atoms with Crippen LogP contribution in [0, 0.1) is 17.6 Å². The first-order chi connectivity index (χ1) is 11.2. The maximum absolute atomic E-state index is 14.2. The average molecular weight is 324 g/mol. The number of halogens is 2. The first-order valence-corrected chi connectivity index (χ1v) is 9.27. The molecule has 0 aliphatic heterocycles. The molecule has 3 heteroatoms. The molecule has 0 heterocycles. The normalized spacial score (nSPS) is 21.4. The summed E-state index contributed by atoms with van der Waals surface area (Å²) in [6.07, 6.45) is 10.1. The predicted molar refractivity (Wildman–Crippen MR) is 91.0 cm³/mol. The molecule has 0 spiro atoms. The van der Waals surface area contributed by atoms with Gasteiger partial charge in [0, 0.05) is 0 Å². The van der Waals surface area contributed by atoms with Crippen LogP contribution in [0.25, 0.3) is 0 Å². The van der Waals surface area contributed by atoms with E-state index in [0.717, 1.165) is 37.2 Å². The van der Waals surface area contributed by atoms with Crippen LogP contribution in [0.4, 0.5) is 8.78 Å². The molecule has 0 bridgehead atoms. The van der Waals surface area contributed by atoms with Crippen LogP contribution < -0.4 is 4.74 Å². The summed E-state index contributed by atoms with van der Waals surface area (Å²) in [5, 5.41) is 0. The molecule has 23 heavy (non-hydrogen) atoms. The lowest BCUT2D eigenvalue weighted by atomic mass is 9.77. The Bertz CT molecular complexity index is 456. The van der Waals surface area contributed by atoms with Gasteiger partial charge in [0.1, 0.15) is 0 Å². The van der Waals surface area contributed by atoms with Gasteiger partial charge < -0.3 is 4.74 Å². The number of hydrogen-bond acceptors (Lipinski definition) is 1. The van der Waals surface area contributed by atoms with E-state index in [0.29, 0.717) is 12.5 Å². The second-order valence-corrected chi connectivity index (χ2v) is 6.88. The van der Waals surface area contributed by atoms with Crippen molar-refractivity contribution < 1.29 is 13.5 Å². The fraction of sp³-hybridized carbons (Fsp3) is 0.700. The molecule has 1 nitrogen and oxygen atoms in total. The molecule has 0 N–H and O–H groups in total. The highest BCUT2D eigenvalue weighted by Crippen LogP contribution is 2.39. The zero-order valence-corrected chi connectivity index (χ0v) is 14.5. The maximum atomic E-state index is 14.2. The first kappa shape index (κ1) is 18.2. The number of benzene rings is 1. The molecule has 1 aliphatic rings. The van der Waals surface area contributed by atoms with Crippen LogP contribution in [0.5, 0.6) is 5.75 Å². The molecular formula is C20H30F2O. The smallest absolute Gasteiger partial charge is 0.190 e. The van der Waals surface area contributed by atoms with Gasteiger partial charge in [-0.1, -0.05) is 39.5 Å². The van der Waals surface area contributed by atoms with Crippen molar-refractivity contribution in [3.8, 4) is 5.75 Å². The van der Waals surface area contributed by atoms with Crippen molar-refractivity contribution in [3.05, 3.63) is 29.3 Å².